The van der Waals surface area contributed by atoms with E-state index in [0.29, 0.717) is 5.56 Å². The van der Waals surface area contributed by atoms with Gasteiger partial charge in [0.05, 0.1) is 23.4 Å². The predicted molar refractivity (Wildman–Crippen MR) is 60.7 cm³/mol. The number of halogens is 1. The predicted octanol–water partition coefficient (Wildman–Crippen LogP) is 3.31. The van der Waals surface area contributed by atoms with Crippen LogP contribution in [0, 0.1) is 0 Å². The highest BCUT2D eigenvalue weighted by Crippen LogP contribution is 2.24. The molecular formula is C12H10ClNO2. The second kappa shape index (κ2) is 4.49. The van der Waals surface area contributed by atoms with Crippen LogP contribution in [-0.4, -0.2) is 10.8 Å². The summed E-state index contributed by atoms with van der Waals surface area (Å²) in [6.07, 6.45) is 3.07. The average Bonchev–Trinajstić information content (AvgIpc) is 2.75. The lowest BCUT2D eigenvalue weighted by Gasteiger charge is -2.08. The minimum Gasteiger partial charge on any atom is -0.452 e. The fourth-order valence-electron chi connectivity index (χ4n) is 1.47. The molecule has 0 fully saturated rings. The molecule has 0 amide bonds. The van der Waals surface area contributed by atoms with Crippen molar-refractivity contribution in [3.8, 4) is 0 Å². The van der Waals surface area contributed by atoms with Gasteiger partial charge in [0.1, 0.15) is 0 Å². The van der Waals surface area contributed by atoms with E-state index in [4.69, 9.17) is 16.0 Å². The quantitative estimate of drug-likeness (QED) is 0.767. The molecule has 0 radical (unpaired) electrons. The number of carbonyl (C=O) groups excluding carboxylic acids is 1. The van der Waals surface area contributed by atoms with E-state index in [1.807, 2.05) is 18.2 Å². The summed E-state index contributed by atoms with van der Waals surface area (Å²) in [5.41, 5.74) is 1.13. The molecule has 2 aromatic rings. The summed E-state index contributed by atoms with van der Waals surface area (Å²) in [6.45, 7) is 1.80. The van der Waals surface area contributed by atoms with Crippen LogP contribution >= 0.6 is 11.6 Å². The lowest BCUT2D eigenvalue weighted by Crippen LogP contribution is -2.10. The number of nitrogens with zero attached hydrogens (tertiary/aromatic N) is 1. The molecule has 2 rings (SSSR count). The molecule has 0 N–H and O–H groups in total. The van der Waals surface area contributed by atoms with Crippen LogP contribution in [0.25, 0.3) is 0 Å². The standard InChI is InChI=1S/C12H10ClNO2/c1-8(10-4-2-3-6-14-10)11(15)9-5-7-16-12(9)13/h2-8H,1H3. The van der Waals surface area contributed by atoms with Gasteiger partial charge in [0.25, 0.3) is 0 Å². The first-order chi connectivity index (χ1) is 7.70. The zero-order valence-corrected chi connectivity index (χ0v) is 9.44. The van der Waals surface area contributed by atoms with Crippen LogP contribution in [0.3, 0.4) is 0 Å². The normalized spacial score (nSPS) is 12.4. The third kappa shape index (κ3) is 1.99. The maximum atomic E-state index is 12.0. The second-order valence-corrected chi connectivity index (χ2v) is 3.79. The van der Waals surface area contributed by atoms with Gasteiger partial charge in [0, 0.05) is 6.20 Å². The van der Waals surface area contributed by atoms with Crippen LogP contribution < -0.4 is 0 Å². The highest BCUT2D eigenvalue weighted by molar-refractivity contribution is 6.32. The lowest BCUT2D eigenvalue weighted by molar-refractivity contribution is 0.0964. The monoisotopic (exact) mass is 235 g/mol. The van der Waals surface area contributed by atoms with Crippen LogP contribution in [0.15, 0.2) is 41.1 Å². The Morgan fingerprint density at radius 1 is 1.44 bits per heavy atom. The van der Waals surface area contributed by atoms with E-state index < -0.39 is 0 Å². The van der Waals surface area contributed by atoms with Gasteiger partial charge in [-0.3, -0.25) is 9.78 Å². The van der Waals surface area contributed by atoms with Crippen LogP contribution in [0.1, 0.15) is 28.9 Å². The lowest BCUT2D eigenvalue weighted by atomic mass is 9.98. The van der Waals surface area contributed by atoms with E-state index >= 15 is 0 Å². The molecule has 2 aromatic heterocycles. The van der Waals surface area contributed by atoms with Crippen molar-refractivity contribution in [3.63, 3.8) is 0 Å². The van der Waals surface area contributed by atoms with Crippen molar-refractivity contribution in [1.82, 2.24) is 4.98 Å². The van der Waals surface area contributed by atoms with Crippen molar-refractivity contribution < 1.29 is 9.21 Å². The molecule has 0 saturated carbocycles. The maximum Gasteiger partial charge on any atom is 0.203 e. The van der Waals surface area contributed by atoms with Gasteiger partial charge in [-0.2, -0.15) is 0 Å². The molecule has 16 heavy (non-hydrogen) atoms. The molecular weight excluding hydrogens is 226 g/mol. The summed E-state index contributed by atoms with van der Waals surface area (Å²) in [4.78, 5) is 16.2. The first kappa shape index (κ1) is 10.9. The number of aromatic nitrogens is 1. The first-order valence-corrected chi connectivity index (χ1v) is 5.26. The van der Waals surface area contributed by atoms with E-state index in [2.05, 4.69) is 4.98 Å². The fourth-order valence-corrected chi connectivity index (χ4v) is 1.68. The average molecular weight is 236 g/mol. The van der Waals surface area contributed by atoms with E-state index in [-0.39, 0.29) is 16.9 Å². The summed E-state index contributed by atoms with van der Waals surface area (Å²) in [5, 5.41) is 0.132. The van der Waals surface area contributed by atoms with Crippen molar-refractivity contribution in [2.24, 2.45) is 0 Å². The Kier molecular flexibility index (Phi) is 3.06. The highest BCUT2D eigenvalue weighted by Gasteiger charge is 2.21. The van der Waals surface area contributed by atoms with Gasteiger partial charge in [-0.15, -0.1) is 0 Å². The molecule has 2 heterocycles. The fraction of sp³-hybridized carbons (Fsp3) is 0.167. The van der Waals surface area contributed by atoms with Crippen molar-refractivity contribution in [2.45, 2.75) is 12.8 Å². The summed E-state index contributed by atoms with van der Waals surface area (Å²) in [7, 11) is 0. The Morgan fingerprint density at radius 2 is 2.25 bits per heavy atom. The number of ketones is 1. The van der Waals surface area contributed by atoms with Gasteiger partial charge in [0.15, 0.2) is 5.78 Å². The topological polar surface area (TPSA) is 43.1 Å². The second-order valence-electron chi connectivity index (χ2n) is 3.45. The van der Waals surface area contributed by atoms with Crippen LogP contribution in [0.2, 0.25) is 5.22 Å². The Balaban J connectivity index is 2.27. The third-order valence-corrected chi connectivity index (χ3v) is 2.70. The van der Waals surface area contributed by atoms with Crippen molar-refractivity contribution in [2.75, 3.05) is 0 Å². The summed E-state index contributed by atoms with van der Waals surface area (Å²) in [5.74, 6) is -0.409. The van der Waals surface area contributed by atoms with Crippen molar-refractivity contribution in [1.29, 1.82) is 0 Å². The minimum absolute atomic E-state index is 0.0857. The van der Waals surface area contributed by atoms with E-state index in [9.17, 15) is 4.79 Å². The summed E-state index contributed by atoms with van der Waals surface area (Å²) < 4.78 is 4.90. The Labute approximate surface area is 98.1 Å². The van der Waals surface area contributed by atoms with Crippen molar-refractivity contribution in [3.05, 3.63) is 53.2 Å². The molecule has 0 aromatic carbocycles. The number of rotatable bonds is 3. The first-order valence-electron chi connectivity index (χ1n) is 4.88. The van der Waals surface area contributed by atoms with E-state index in [0.717, 1.165) is 5.69 Å². The van der Waals surface area contributed by atoms with Crippen LogP contribution in [-0.2, 0) is 0 Å². The Bertz CT molecular complexity index is 493. The number of Topliss-reactive ketones (excluding diaryl/α,β-unsaturated/α-hetero) is 1. The van der Waals surface area contributed by atoms with Gasteiger partial charge in [-0.1, -0.05) is 6.07 Å². The number of carbonyl (C=O) groups is 1. The minimum atomic E-state index is -0.323. The number of hydrogen-bond acceptors (Lipinski definition) is 3. The zero-order chi connectivity index (χ0) is 11.5. The summed E-state index contributed by atoms with van der Waals surface area (Å²) >= 11 is 5.76. The molecule has 3 nitrogen and oxygen atoms in total. The van der Waals surface area contributed by atoms with Gasteiger partial charge in [0.2, 0.25) is 5.22 Å². The maximum absolute atomic E-state index is 12.0. The molecule has 82 valence electrons. The Morgan fingerprint density at radius 3 is 2.81 bits per heavy atom. The smallest absolute Gasteiger partial charge is 0.203 e. The third-order valence-electron chi connectivity index (χ3n) is 2.41. The number of furan rings is 1. The van der Waals surface area contributed by atoms with E-state index in [1.54, 1.807) is 19.2 Å². The summed E-state index contributed by atoms with van der Waals surface area (Å²) in [6, 6.07) is 7.05. The molecule has 0 aliphatic rings. The molecule has 4 heteroatoms. The number of pyridine rings is 1. The molecule has 1 unspecified atom stereocenters. The van der Waals surface area contributed by atoms with Gasteiger partial charge < -0.3 is 4.42 Å². The molecule has 0 aliphatic carbocycles. The van der Waals surface area contributed by atoms with Crippen LogP contribution in [0.5, 0.6) is 0 Å². The van der Waals surface area contributed by atoms with Gasteiger partial charge in [-0.25, -0.2) is 0 Å². The molecule has 0 bridgehead atoms. The molecule has 0 saturated heterocycles. The zero-order valence-electron chi connectivity index (χ0n) is 8.68. The molecule has 0 aliphatic heterocycles. The molecule has 1 atom stereocenters. The van der Waals surface area contributed by atoms with Gasteiger partial charge >= 0.3 is 0 Å². The largest absolute Gasteiger partial charge is 0.452 e. The van der Waals surface area contributed by atoms with Crippen LogP contribution in [0.4, 0.5) is 0 Å². The Hall–Kier alpha value is -1.61. The highest BCUT2D eigenvalue weighted by atomic mass is 35.5. The van der Waals surface area contributed by atoms with Crippen molar-refractivity contribution >= 4 is 17.4 Å². The van der Waals surface area contributed by atoms with Gasteiger partial charge in [-0.05, 0) is 36.7 Å². The number of hydrogen-bond donors (Lipinski definition) is 0. The van der Waals surface area contributed by atoms with E-state index in [1.165, 1.54) is 6.26 Å². The molecule has 0 spiro atoms. The SMILES string of the molecule is CC(C(=O)c1ccoc1Cl)c1ccccn1.